The molecule has 0 unspecified atom stereocenters. The van der Waals surface area contributed by atoms with E-state index in [4.69, 9.17) is 5.73 Å². The van der Waals surface area contributed by atoms with Gasteiger partial charge >= 0.3 is 0 Å². The molecule has 0 bridgehead atoms. The molecular weight excluding hydrogens is 214 g/mol. The van der Waals surface area contributed by atoms with E-state index in [-0.39, 0.29) is 0 Å². The predicted octanol–water partition coefficient (Wildman–Crippen LogP) is 3.88. The zero-order chi connectivity index (χ0) is 11.4. The van der Waals surface area contributed by atoms with E-state index in [1.165, 1.54) is 48.1 Å². The topological polar surface area (TPSA) is 26.0 Å². The Morgan fingerprint density at radius 1 is 1.25 bits per heavy atom. The number of nitrogens with two attached hydrogens (primary N) is 1. The van der Waals surface area contributed by atoms with Gasteiger partial charge in [-0.05, 0) is 43.0 Å². The lowest BCUT2D eigenvalue weighted by atomic mass is 10.0. The summed E-state index contributed by atoms with van der Waals surface area (Å²) in [6.07, 6.45) is 7.04. The summed E-state index contributed by atoms with van der Waals surface area (Å²) in [7, 11) is 0. The first-order valence-electron chi connectivity index (χ1n) is 6.26. The molecule has 2 heteroatoms. The molecule has 0 saturated heterocycles. The van der Waals surface area contributed by atoms with Crippen LogP contribution in [0.5, 0.6) is 0 Å². The first-order chi connectivity index (χ1) is 7.79. The van der Waals surface area contributed by atoms with Crippen molar-refractivity contribution in [3.05, 3.63) is 29.3 Å². The molecule has 0 amide bonds. The fourth-order valence-corrected chi connectivity index (χ4v) is 3.69. The van der Waals surface area contributed by atoms with Crippen molar-refractivity contribution in [2.24, 2.45) is 5.73 Å². The van der Waals surface area contributed by atoms with Gasteiger partial charge in [-0.15, -0.1) is 11.8 Å². The Balaban J connectivity index is 2.01. The fourth-order valence-electron chi connectivity index (χ4n) is 2.35. The average molecular weight is 235 g/mol. The fraction of sp³-hybridized carbons (Fsp3) is 0.571. The van der Waals surface area contributed by atoms with Crippen LogP contribution in [-0.2, 0) is 6.54 Å². The van der Waals surface area contributed by atoms with Gasteiger partial charge in [0.05, 0.1) is 0 Å². The van der Waals surface area contributed by atoms with Gasteiger partial charge in [0.15, 0.2) is 0 Å². The molecule has 0 radical (unpaired) electrons. The molecular formula is C14H21NS. The van der Waals surface area contributed by atoms with Crippen LogP contribution in [0.1, 0.15) is 43.2 Å². The van der Waals surface area contributed by atoms with Crippen molar-refractivity contribution in [3.63, 3.8) is 0 Å². The standard InChI is InChI=1S/C14H21NS/c1-11-9-14(8-7-12(11)10-15)16-13-5-3-2-4-6-13/h7-9,13H,2-6,10,15H2,1H3. The first-order valence-corrected chi connectivity index (χ1v) is 7.14. The number of benzene rings is 1. The molecule has 0 atom stereocenters. The Morgan fingerprint density at radius 2 is 2.00 bits per heavy atom. The molecule has 1 aromatic rings. The highest BCUT2D eigenvalue weighted by Crippen LogP contribution is 2.34. The minimum absolute atomic E-state index is 0.653. The lowest BCUT2D eigenvalue weighted by Gasteiger charge is -2.21. The van der Waals surface area contributed by atoms with Crippen LogP contribution in [-0.4, -0.2) is 5.25 Å². The molecule has 88 valence electrons. The van der Waals surface area contributed by atoms with Gasteiger partial charge in [0.25, 0.3) is 0 Å². The maximum Gasteiger partial charge on any atom is 0.0180 e. The quantitative estimate of drug-likeness (QED) is 0.860. The van der Waals surface area contributed by atoms with Crippen molar-refractivity contribution in [2.45, 2.75) is 55.7 Å². The Morgan fingerprint density at radius 3 is 2.62 bits per heavy atom. The molecule has 0 aliphatic heterocycles. The SMILES string of the molecule is Cc1cc(SC2CCCCC2)ccc1CN. The lowest BCUT2D eigenvalue weighted by molar-refractivity contribution is 0.516. The Hall–Kier alpha value is -0.470. The van der Waals surface area contributed by atoms with Gasteiger partial charge < -0.3 is 5.73 Å². The highest BCUT2D eigenvalue weighted by molar-refractivity contribution is 8.00. The molecule has 1 fully saturated rings. The largest absolute Gasteiger partial charge is 0.326 e. The van der Waals surface area contributed by atoms with Gasteiger partial charge in [-0.2, -0.15) is 0 Å². The van der Waals surface area contributed by atoms with E-state index in [1.807, 2.05) is 0 Å². The van der Waals surface area contributed by atoms with Crippen LogP contribution < -0.4 is 5.73 Å². The van der Waals surface area contributed by atoms with Crippen molar-refractivity contribution < 1.29 is 0 Å². The summed E-state index contributed by atoms with van der Waals surface area (Å²) < 4.78 is 0. The number of aryl methyl sites for hydroxylation is 1. The van der Waals surface area contributed by atoms with Crippen LogP contribution in [0.15, 0.2) is 23.1 Å². The smallest absolute Gasteiger partial charge is 0.0180 e. The summed E-state index contributed by atoms with van der Waals surface area (Å²) in [6, 6.07) is 6.70. The first kappa shape index (κ1) is 12.0. The molecule has 0 aromatic heterocycles. The van der Waals surface area contributed by atoms with Crippen LogP contribution in [0.3, 0.4) is 0 Å². The van der Waals surface area contributed by atoms with E-state index in [2.05, 4.69) is 36.9 Å². The van der Waals surface area contributed by atoms with E-state index >= 15 is 0 Å². The van der Waals surface area contributed by atoms with Crippen molar-refractivity contribution in [3.8, 4) is 0 Å². The van der Waals surface area contributed by atoms with Gasteiger partial charge in [0.1, 0.15) is 0 Å². The Kier molecular flexibility index (Phi) is 4.30. The third-order valence-corrected chi connectivity index (χ3v) is 4.72. The van der Waals surface area contributed by atoms with E-state index in [0.29, 0.717) is 6.54 Å². The summed E-state index contributed by atoms with van der Waals surface area (Å²) in [6.45, 7) is 2.81. The van der Waals surface area contributed by atoms with Crippen LogP contribution in [0.25, 0.3) is 0 Å². The molecule has 2 N–H and O–H groups in total. The zero-order valence-corrected chi connectivity index (χ0v) is 10.9. The zero-order valence-electron chi connectivity index (χ0n) is 10.0. The van der Waals surface area contributed by atoms with Crippen LogP contribution in [0, 0.1) is 6.92 Å². The summed E-state index contributed by atoms with van der Waals surface area (Å²) in [5, 5.41) is 0.844. The molecule has 1 aromatic carbocycles. The minimum Gasteiger partial charge on any atom is -0.326 e. The maximum absolute atomic E-state index is 5.68. The van der Waals surface area contributed by atoms with Crippen molar-refractivity contribution in [1.29, 1.82) is 0 Å². The summed E-state index contributed by atoms with van der Waals surface area (Å²) >= 11 is 2.06. The van der Waals surface area contributed by atoms with Crippen LogP contribution in [0.2, 0.25) is 0 Å². The van der Waals surface area contributed by atoms with E-state index in [9.17, 15) is 0 Å². The number of hydrogen-bond acceptors (Lipinski definition) is 2. The average Bonchev–Trinajstić information content (AvgIpc) is 2.31. The van der Waals surface area contributed by atoms with E-state index in [1.54, 1.807) is 0 Å². The van der Waals surface area contributed by atoms with Gasteiger partial charge in [0.2, 0.25) is 0 Å². The predicted molar refractivity (Wildman–Crippen MR) is 71.8 cm³/mol. The minimum atomic E-state index is 0.653. The lowest BCUT2D eigenvalue weighted by Crippen LogP contribution is -2.07. The molecule has 0 heterocycles. The Bertz CT molecular complexity index is 343. The van der Waals surface area contributed by atoms with Gasteiger partial charge in [-0.25, -0.2) is 0 Å². The van der Waals surface area contributed by atoms with Crippen LogP contribution in [0.4, 0.5) is 0 Å². The molecule has 1 aliphatic carbocycles. The normalized spacial score (nSPS) is 17.6. The number of rotatable bonds is 3. The number of hydrogen-bond donors (Lipinski definition) is 1. The second-order valence-electron chi connectivity index (χ2n) is 4.67. The molecule has 1 nitrogen and oxygen atoms in total. The maximum atomic E-state index is 5.68. The third-order valence-electron chi connectivity index (χ3n) is 3.39. The second-order valence-corrected chi connectivity index (χ2v) is 6.04. The highest BCUT2D eigenvalue weighted by atomic mass is 32.2. The van der Waals surface area contributed by atoms with Gasteiger partial charge in [-0.3, -0.25) is 0 Å². The van der Waals surface area contributed by atoms with Gasteiger partial charge in [0, 0.05) is 16.7 Å². The summed E-state index contributed by atoms with van der Waals surface area (Å²) in [5.41, 5.74) is 8.29. The molecule has 1 aliphatic rings. The van der Waals surface area contributed by atoms with E-state index < -0.39 is 0 Å². The summed E-state index contributed by atoms with van der Waals surface area (Å²) in [4.78, 5) is 1.42. The van der Waals surface area contributed by atoms with E-state index in [0.717, 1.165) is 5.25 Å². The molecule has 0 spiro atoms. The molecule has 1 saturated carbocycles. The molecule has 16 heavy (non-hydrogen) atoms. The van der Waals surface area contributed by atoms with Crippen molar-refractivity contribution in [2.75, 3.05) is 0 Å². The second kappa shape index (κ2) is 5.74. The monoisotopic (exact) mass is 235 g/mol. The van der Waals surface area contributed by atoms with Crippen molar-refractivity contribution in [1.82, 2.24) is 0 Å². The number of thioether (sulfide) groups is 1. The molecule has 2 rings (SSSR count). The summed E-state index contributed by atoms with van der Waals surface area (Å²) in [5.74, 6) is 0. The van der Waals surface area contributed by atoms with Gasteiger partial charge in [-0.1, -0.05) is 25.3 Å². The Labute approximate surface area is 103 Å². The highest BCUT2D eigenvalue weighted by Gasteiger charge is 2.14. The van der Waals surface area contributed by atoms with Crippen molar-refractivity contribution >= 4 is 11.8 Å². The van der Waals surface area contributed by atoms with Crippen LogP contribution >= 0.6 is 11.8 Å². The third kappa shape index (κ3) is 3.02.